The van der Waals surface area contributed by atoms with Gasteiger partial charge in [-0.1, -0.05) is 55.8 Å². The minimum atomic E-state index is -1.15. The number of hydrogen-bond acceptors (Lipinski definition) is 4. The van der Waals surface area contributed by atoms with Gasteiger partial charge in [-0.3, -0.25) is 9.69 Å². The van der Waals surface area contributed by atoms with Crippen molar-refractivity contribution in [3.05, 3.63) is 65.2 Å². The van der Waals surface area contributed by atoms with E-state index in [2.05, 4.69) is 19.2 Å². The molecule has 2 atom stereocenters. The number of imide groups is 1. The standard InChI is InChI=1S/C23H28N2O4/c1-15(2)17-7-9-18(10-8-17)23(4)21(27)25(22(28)24-23)13-19(26)14-29-20-11-5-16(3)6-12-20/h5-12,15,19,26H,13-14H2,1-4H3,(H,24,28). The highest BCUT2D eigenvalue weighted by molar-refractivity contribution is 6.07. The summed E-state index contributed by atoms with van der Waals surface area (Å²) in [6, 6.07) is 14.6. The van der Waals surface area contributed by atoms with E-state index < -0.39 is 17.7 Å². The number of benzene rings is 2. The lowest BCUT2D eigenvalue weighted by molar-refractivity contribution is -0.132. The molecule has 1 fully saturated rings. The Morgan fingerprint density at radius 2 is 1.69 bits per heavy atom. The van der Waals surface area contributed by atoms with Crippen molar-refractivity contribution in [2.75, 3.05) is 13.2 Å². The third-order valence-electron chi connectivity index (χ3n) is 5.29. The minimum absolute atomic E-state index is 0.0140. The monoisotopic (exact) mass is 396 g/mol. The fourth-order valence-corrected chi connectivity index (χ4v) is 3.35. The second-order valence-electron chi connectivity index (χ2n) is 8.03. The van der Waals surface area contributed by atoms with Crippen LogP contribution in [0.4, 0.5) is 4.79 Å². The molecular weight excluding hydrogens is 368 g/mol. The van der Waals surface area contributed by atoms with Gasteiger partial charge in [-0.2, -0.15) is 0 Å². The third-order valence-corrected chi connectivity index (χ3v) is 5.29. The molecule has 0 aliphatic carbocycles. The summed E-state index contributed by atoms with van der Waals surface area (Å²) in [7, 11) is 0. The molecule has 1 saturated heterocycles. The number of nitrogens with zero attached hydrogens (tertiary/aromatic N) is 1. The van der Waals surface area contributed by atoms with Gasteiger partial charge in [0.25, 0.3) is 5.91 Å². The maximum Gasteiger partial charge on any atom is 0.325 e. The molecule has 6 nitrogen and oxygen atoms in total. The maximum absolute atomic E-state index is 13.0. The van der Waals surface area contributed by atoms with E-state index in [1.807, 2.05) is 55.5 Å². The molecule has 0 bridgehead atoms. The highest BCUT2D eigenvalue weighted by atomic mass is 16.5. The van der Waals surface area contributed by atoms with Crippen LogP contribution in [0.15, 0.2) is 48.5 Å². The largest absolute Gasteiger partial charge is 0.491 e. The van der Waals surface area contributed by atoms with Crippen LogP contribution in [0.3, 0.4) is 0 Å². The Labute approximate surface area is 171 Å². The summed E-state index contributed by atoms with van der Waals surface area (Å²) in [5, 5.41) is 13.1. The molecule has 1 aliphatic heterocycles. The van der Waals surface area contributed by atoms with Gasteiger partial charge in [0.1, 0.15) is 24.0 Å². The number of aliphatic hydroxyl groups excluding tert-OH is 1. The first-order valence-corrected chi connectivity index (χ1v) is 9.83. The third kappa shape index (κ3) is 4.43. The second-order valence-corrected chi connectivity index (χ2v) is 8.03. The van der Waals surface area contributed by atoms with Gasteiger partial charge >= 0.3 is 6.03 Å². The molecule has 2 aromatic carbocycles. The highest BCUT2D eigenvalue weighted by Crippen LogP contribution is 2.30. The van der Waals surface area contributed by atoms with E-state index in [-0.39, 0.29) is 19.1 Å². The van der Waals surface area contributed by atoms with Crippen LogP contribution in [-0.4, -0.2) is 41.2 Å². The number of urea groups is 1. The molecule has 154 valence electrons. The first-order valence-electron chi connectivity index (χ1n) is 9.83. The average molecular weight is 396 g/mol. The zero-order chi connectivity index (χ0) is 21.2. The molecule has 1 heterocycles. The number of amides is 3. The summed E-state index contributed by atoms with van der Waals surface area (Å²) in [6.45, 7) is 7.72. The summed E-state index contributed by atoms with van der Waals surface area (Å²) < 4.78 is 5.56. The van der Waals surface area contributed by atoms with Gasteiger partial charge in [-0.15, -0.1) is 0 Å². The molecule has 0 radical (unpaired) electrons. The summed E-state index contributed by atoms with van der Waals surface area (Å²) >= 11 is 0. The molecule has 1 aliphatic rings. The van der Waals surface area contributed by atoms with Crippen LogP contribution in [-0.2, 0) is 10.3 Å². The van der Waals surface area contributed by atoms with Gasteiger partial charge < -0.3 is 15.2 Å². The van der Waals surface area contributed by atoms with Crippen LogP contribution in [0.1, 0.15) is 43.4 Å². The molecule has 2 aromatic rings. The van der Waals surface area contributed by atoms with Crippen LogP contribution in [0.25, 0.3) is 0 Å². The van der Waals surface area contributed by atoms with Crippen molar-refractivity contribution in [3.8, 4) is 5.75 Å². The Bertz CT molecular complexity index is 877. The molecule has 2 unspecified atom stereocenters. The van der Waals surface area contributed by atoms with Crippen molar-refractivity contribution < 1.29 is 19.4 Å². The molecule has 3 amide bonds. The fourth-order valence-electron chi connectivity index (χ4n) is 3.35. The molecular formula is C23H28N2O4. The smallest absolute Gasteiger partial charge is 0.325 e. The SMILES string of the molecule is Cc1ccc(OCC(O)CN2C(=O)NC(C)(c3ccc(C(C)C)cc3)C2=O)cc1. The van der Waals surface area contributed by atoms with Crippen molar-refractivity contribution in [1.29, 1.82) is 0 Å². The van der Waals surface area contributed by atoms with Gasteiger partial charge in [0.15, 0.2) is 0 Å². The molecule has 0 spiro atoms. The van der Waals surface area contributed by atoms with Crippen molar-refractivity contribution in [2.45, 2.75) is 45.3 Å². The lowest BCUT2D eigenvalue weighted by Gasteiger charge is -2.23. The highest BCUT2D eigenvalue weighted by Gasteiger charge is 2.49. The van der Waals surface area contributed by atoms with Gasteiger partial charge in [0.05, 0.1) is 6.54 Å². The molecule has 29 heavy (non-hydrogen) atoms. The molecule has 0 aromatic heterocycles. The van der Waals surface area contributed by atoms with E-state index >= 15 is 0 Å². The Kier molecular flexibility index (Phi) is 5.94. The predicted molar refractivity (Wildman–Crippen MR) is 111 cm³/mol. The van der Waals surface area contributed by atoms with E-state index in [0.717, 1.165) is 16.0 Å². The topological polar surface area (TPSA) is 78.9 Å². The first-order chi connectivity index (χ1) is 13.7. The number of ether oxygens (including phenoxy) is 1. The number of hydrogen-bond donors (Lipinski definition) is 2. The van der Waals surface area contributed by atoms with Crippen LogP contribution in [0, 0.1) is 6.92 Å². The van der Waals surface area contributed by atoms with Crippen LogP contribution < -0.4 is 10.1 Å². The van der Waals surface area contributed by atoms with Gasteiger partial charge in [-0.05, 0) is 43.0 Å². The number of aryl methyl sites for hydroxylation is 1. The average Bonchev–Trinajstić information content (AvgIpc) is 2.91. The van der Waals surface area contributed by atoms with Crippen LogP contribution >= 0.6 is 0 Å². The molecule has 0 saturated carbocycles. The summed E-state index contributed by atoms with van der Waals surface area (Å²) in [5.41, 5.74) is 1.84. The fraction of sp³-hybridized carbons (Fsp3) is 0.391. The Morgan fingerprint density at radius 1 is 1.07 bits per heavy atom. The van der Waals surface area contributed by atoms with Gasteiger partial charge in [0, 0.05) is 0 Å². The zero-order valence-electron chi connectivity index (χ0n) is 17.3. The van der Waals surface area contributed by atoms with Crippen molar-refractivity contribution >= 4 is 11.9 Å². The van der Waals surface area contributed by atoms with Crippen LogP contribution in [0.2, 0.25) is 0 Å². The quantitative estimate of drug-likeness (QED) is 0.704. The lowest BCUT2D eigenvalue weighted by Crippen LogP contribution is -2.42. The molecule has 2 N–H and O–H groups in total. The molecule has 3 rings (SSSR count). The van der Waals surface area contributed by atoms with E-state index in [4.69, 9.17) is 4.74 Å². The second kappa shape index (κ2) is 8.25. The van der Waals surface area contributed by atoms with Crippen molar-refractivity contribution in [1.82, 2.24) is 10.2 Å². The van der Waals surface area contributed by atoms with E-state index in [1.165, 1.54) is 0 Å². The summed E-state index contributed by atoms with van der Waals surface area (Å²) in [5.74, 6) is 0.627. The van der Waals surface area contributed by atoms with Crippen molar-refractivity contribution in [3.63, 3.8) is 0 Å². The Hall–Kier alpha value is -2.86. The number of β-amino-alcohol motifs (C(OH)–C–C–N with tert-alkyl or cyclic N) is 1. The number of nitrogens with one attached hydrogen (secondary N) is 1. The Balaban J connectivity index is 1.65. The first kappa shape index (κ1) is 20.9. The molecule has 6 heteroatoms. The number of aliphatic hydroxyl groups is 1. The van der Waals surface area contributed by atoms with E-state index in [0.29, 0.717) is 17.2 Å². The number of carbonyl (C=O) groups is 2. The van der Waals surface area contributed by atoms with Gasteiger partial charge in [-0.25, -0.2) is 4.79 Å². The summed E-state index contributed by atoms with van der Waals surface area (Å²) in [4.78, 5) is 26.5. The lowest BCUT2D eigenvalue weighted by atomic mass is 9.90. The van der Waals surface area contributed by atoms with Crippen LogP contribution in [0.5, 0.6) is 5.75 Å². The van der Waals surface area contributed by atoms with E-state index in [9.17, 15) is 14.7 Å². The minimum Gasteiger partial charge on any atom is -0.491 e. The van der Waals surface area contributed by atoms with Gasteiger partial charge in [0.2, 0.25) is 0 Å². The van der Waals surface area contributed by atoms with E-state index in [1.54, 1.807) is 6.92 Å². The Morgan fingerprint density at radius 3 is 2.28 bits per heavy atom. The number of rotatable bonds is 7. The van der Waals surface area contributed by atoms with Crippen molar-refractivity contribution in [2.24, 2.45) is 0 Å². The zero-order valence-corrected chi connectivity index (χ0v) is 17.3. The maximum atomic E-state index is 13.0. The summed E-state index contributed by atoms with van der Waals surface area (Å²) in [6.07, 6.45) is -0.989. The number of carbonyl (C=O) groups excluding carboxylic acids is 2. The predicted octanol–water partition coefficient (Wildman–Crippen LogP) is 3.33. The normalized spacial score (nSPS) is 20.1.